The summed E-state index contributed by atoms with van der Waals surface area (Å²) in [6.45, 7) is 2.12. The first kappa shape index (κ1) is 11.9. The number of furan rings is 1. The maximum atomic E-state index is 11.7. The fourth-order valence-electron chi connectivity index (χ4n) is 1.51. The molecule has 2 aromatic rings. The Morgan fingerprint density at radius 3 is 2.41 bits per heavy atom. The summed E-state index contributed by atoms with van der Waals surface area (Å²) >= 11 is 0. The first-order valence-corrected chi connectivity index (χ1v) is 6.75. The Morgan fingerprint density at radius 1 is 1.18 bits per heavy atom. The van der Waals surface area contributed by atoms with Gasteiger partial charge in [-0.25, -0.2) is 13.1 Å². The van der Waals surface area contributed by atoms with Crippen molar-refractivity contribution in [2.24, 2.45) is 0 Å². The molecule has 17 heavy (non-hydrogen) atoms. The molecule has 0 atom stereocenters. The largest absolute Gasteiger partial charge is 0.464 e. The highest BCUT2D eigenvalue weighted by Gasteiger charge is 2.12. The smallest absolute Gasteiger partial charge is 0.240 e. The normalized spacial score (nSPS) is 11.6. The minimum absolute atomic E-state index is 0.259. The first-order valence-electron chi connectivity index (χ1n) is 5.27. The molecule has 90 valence electrons. The Hall–Kier alpha value is -1.59. The number of benzene rings is 1. The molecule has 0 aliphatic carbocycles. The highest BCUT2D eigenvalue weighted by molar-refractivity contribution is 7.89. The number of hydrogen-bond acceptors (Lipinski definition) is 3. The van der Waals surface area contributed by atoms with E-state index in [-0.39, 0.29) is 4.90 Å². The fraction of sp³-hybridized carbons (Fsp3) is 0.167. The molecule has 2 rings (SSSR count). The van der Waals surface area contributed by atoms with Crippen molar-refractivity contribution in [1.29, 1.82) is 0 Å². The summed E-state index contributed by atoms with van der Waals surface area (Å²) in [6.07, 6.45) is 1.58. The van der Waals surface area contributed by atoms with Crippen LogP contribution in [-0.4, -0.2) is 15.0 Å². The molecular weight excluding hydrogens is 238 g/mol. The Labute approximate surface area is 100 Å². The molecule has 1 N–H and O–H groups in total. The SMILES string of the molecule is CCNS(=O)(=O)c1ccc(-c2ccco2)cc1. The van der Waals surface area contributed by atoms with Crippen LogP contribution in [0.25, 0.3) is 11.3 Å². The van der Waals surface area contributed by atoms with Crippen molar-refractivity contribution in [3.05, 3.63) is 42.7 Å². The lowest BCUT2D eigenvalue weighted by Crippen LogP contribution is -2.22. The molecule has 1 heterocycles. The second-order valence-electron chi connectivity index (χ2n) is 3.50. The predicted octanol–water partition coefficient (Wildman–Crippen LogP) is 2.24. The molecule has 5 heteroatoms. The zero-order valence-corrected chi connectivity index (χ0v) is 10.2. The van der Waals surface area contributed by atoms with Gasteiger partial charge in [-0.1, -0.05) is 6.92 Å². The third kappa shape index (κ3) is 2.57. The van der Waals surface area contributed by atoms with Crippen molar-refractivity contribution in [3.63, 3.8) is 0 Å². The third-order valence-corrected chi connectivity index (χ3v) is 3.87. The summed E-state index contributed by atoms with van der Waals surface area (Å²) in [5, 5.41) is 0. The number of nitrogens with one attached hydrogen (secondary N) is 1. The second kappa shape index (κ2) is 4.73. The maximum absolute atomic E-state index is 11.7. The molecule has 4 nitrogen and oxygen atoms in total. The van der Waals surface area contributed by atoms with E-state index in [0.717, 1.165) is 11.3 Å². The topological polar surface area (TPSA) is 59.3 Å². The van der Waals surface area contributed by atoms with Gasteiger partial charge in [0.2, 0.25) is 10.0 Å². The fourth-order valence-corrected chi connectivity index (χ4v) is 2.56. The van der Waals surface area contributed by atoms with Gasteiger partial charge in [0.15, 0.2) is 0 Å². The lowest BCUT2D eigenvalue weighted by Gasteiger charge is -2.04. The van der Waals surface area contributed by atoms with Crippen LogP contribution in [0.2, 0.25) is 0 Å². The van der Waals surface area contributed by atoms with E-state index in [1.54, 1.807) is 43.5 Å². The van der Waals surface area contributed by atoms with Gasteiger partial charge < -0.3 is 4.42 Å². The molecule has 1 aromatic heterocycles. The van der Waals surface area contributed by atoms with E-state index in [1.807, 2.05) is 6.07 Å². The van der Waals surface area contributed by atoms with Crippen molar-refractivity contribution in [3.8, 4) is 11.3 Å². The van der Waals surface area contributed by atoms with Crippen molar-refractivity contribution in [1.82, 2.24) is 4.72 Å². The van der Waals surface area contributed by atoms with Gasteiger partial charge in [0, 0.05) is 12.1 Å². The van der Waals surface area contributed by atoms with E-state index in [0.29, 0.717) is 6.54 Å². The molecule has 0 amide bonds. The minimum atomic E-state index is -3.38. The van der Waals surface area contributed by atoms with Gasteiger partial charge in [-0.2, -0.15) is 0 Å². The summed E-state index contributed by atoms with van der Waals surface area (Å²) in [4.78, 5) is 0.259. The Balaban J connectivity index is 2.31. The van der Waals surface area contributed by atoms with E-state index < -0.39 is 10.0 Å². The molecule has 0 saturated heterocycles. The summed E-state index contributed by atoms with van der Waals surface area (Å²) < 4.78 is 31.1. The summed E-state index contributed by atoms with van der Waals surface area (Å²) in [6, 6.07) is 10.2. The standard InChI is InChI=1S/C12H13NO3S/c1-2-13-17(14,15)11-7-5-10(6-8-11)12-4-3-9-16-12/h3-9,13H,2H2,1H3. The van der Waals surface area contributed by atoms with Crippen LogP contribution in [0.3, 0.4) is 0 Å². The van der Waals surface area contributed by atoms with E-state index >= 15 is 0 Å². The van der Waals surface area contributed by atoms with Crippen LogP contribution in [-0.2, 0) is 10.0 Å². The summed E-state index contributed by atoms with van der Waals surface area (Å²) in [5.74, 6) is 0.720. The average Bonchev–Trinajstić information content (AvgIpc) is 2.82. The van der Waals surface area contributed by atoms with Gasteiger partial charge in [0.05, 0.1) is 11.2 Å². The second-order valence-corrected chi connectivity index (χ2v) is 5.27. The maximum Gasteiger partial charge on any atom is 0.240 e. The van der Waals surface area contributed by atoms with Crippen LogP contribution < -0.4 is 4.72 Å². The van der Waals surface area contributed by atoms with Gasteiger partial charge in [0.1, 0.15) is 5.76 Å². The van der Waals surface area contributed by atoms with Crippen LogP contribution in [0.15, 0.2) is 52.0 Å². The van der Waals surface area contributed by atoms with E-state index in [2.05, 4.69) is 4.72 Å². The van der Waals surface area contributed by atoms with Crippen LogP contribution in [0, 0.1) is 0 Å². The summed E-state index contributed by atoms with van der Waals surface area (Å²) in [5.41, 5.74) is 0.852. The monoisotopic (exact) mass is 251 g/mol. The van der Waals surface area contributed by atoms with Gasteiger partial charge in [-0.15, -0.1) is 0 Å². The zero-order chi connectivity index (χ0) is 12.3. The van der Waals surface area contributed by atoms with Crippen molar-refractivity contribution < 1.29 is 12.8 Å². The Bertz CT molecular complexity index is 571. The molecule has 0 radical (unpaired) electrons. The Morgan fingerprint density at radius 2 is 1.88 bits per heavy atom. The average molecular weight is 251 g/mol. The Kier molecular flexibility index (Phi) is 3.31. The van der Waals surface area contributed by atoms with Crippen molar-refractivity contribution >= 4 is 10.0 Å². The number of sulfonamides is 1. The van der Waals surface area contributed by atoms with Crippen LogP contribution >= 0.6 is 0 Å². The molecule has 0 aliphatic rings. The number of rotatable bonds is 4. The molecule has 0 aliphatic heterocycles. The van der Waals surface area contributed by atoms with Crippen LogP contribution in [0.5, 0.6) is 0 Å². The van der Waals surface area contributed by atoms with E-state index in [1.165, 1.54) is 0 Å². The summed E-state index contributed by atoms with van der Waals surface area (Å²) in [7, 11) is -3.38. The highest BCUT2D eigenvalue weighted by atomic mass is 32.2. The third-order valence-electron chi connectivity index (χ3n) is 2.30. The molecule has 0 bridgehead atoms. The quantitative estimate of drug-likeness (QED) is 0.906. The van der Waals surface area contributed by atoms with Crippen molar-refractivity contribution in [2.75, 3.05) is 6.54 Å². The molecule has 1 aromatic carbocycles. The van der Waals surface area contributed by atoms with Crippen LogP contribution in [0.1, 0.15) is 6.92 Å². The van der Waals surface area contributed by atoms with Crippen LogP contribution in [0.4, 0.5) is 0 Å². The first-order chi connectivity index (χ1) is 8.13. The van der Waals surface area contributed by atoms with Gasteiger partial charge >= 0.3 is 0 Å². The van der Waals surface area contributed by atoms with Gasteiger partial charge in [-0.3, -0.25) is 0 Å². The van der Waals surface area contributed by atoms with Gasteiger partial charge in [-0.05, 0) is 36.4 Å². The minimum Gasteiger partial charge on any atom is -0.464 e. The lowest BCUT2D eigenvalue weighted by atomic mass is 10.2. The molecule has 0 unspecified atom stereocenters. The molecular formula is C12H13NO3S. The predicted molar refractivity (Wildman–Crippen MR) is 65.0 cm³/mol. The highest BCUT2D eigenvalue weighted by Crippen LogP contribution is 2.21. The molecule has 0 saturated carbocycles. The molecule has 0 spiro atoms. The van der Waals surface area contributed by atoms with E-state index in [4.69, 9.17) is 4.42 Å². The van der Waals surface area contributed by atoms with E-state index in [9.17, 15) is 8.42 Å². The molecule has 0 fully saturated rings. The van der Waals surface area contributed by atoms with Gasteiger partial charge in [0.25, 0.3) is 0 Å². The zero-order valence-electron chi connectivity index (χ0n) is 9.38. The number of hydrogen-bond donors (Lipinski definition) is 1. The lowest BCUT2D eigenvalue weighted by molar-refractivity contribution is 0.580. The van der Waals surface area contributed by atoms with Crippen molar-refractivity contribution in [2.45, 2.75) is 11.8 Å².